The summed E-state index contributed by atoms with van der Waals surface area (Å²) in [6, 6.07) is 0.528. The van der Waals surface area contributed by atoms with Gasteiger partial charge < -0.3 is 10.1 Å². The van der Waals surface area contributed by atoms with Crippen molar-refractivity contribution in [1.82, 2.24) is 10.7 Å². The zero-order valence-electron chi connectivity index (χ0n) is 12.5. The minimum absolute atomic E-state index is 0.528. The van der Waals surface area contributed by atoms with Gasteiger partial charge in [-0.3, -0.25) is 10.4 Å². The quantitative estimate of drug-likeness (QED) is 0.217. The highest BCUT2D eigenvalue weighted by molar-refractivity contribution is 5.79. The van der Waals surface area contributed by atoms with Crippen LogP contribution in [0.3, 0.4) is 0 Å². The molecule has 0 aliphatic heterocycles. The first-order valence-corrected chi connectivity index (χ1v) is 7.57. The van der Waals surface area contributed by atoms with Crippen LogP contribution in [-0.2, 0) is 4.74 Å². The molecule has 19 heavy (non-hydrogen) atoms. The van der Waals surface area contributed by atoms with Crippen LogP contribution in [0.2, 0.25) is 0 Å². The summed E-state index contributed by atoms with van der Waals surface area (Å²) < 4.78 is 5.52. The molecule has 5 heteroatoms. The van der Waals surface area contributed by atoms with Crippen molar-refractivity contribution in [1.29, 1.82) is 0 Å². The van der Waals surface area contributed by atoms with Gasteiger partial charge in [0.05, 0.1) is 0 Å². The Morgan fingerprint density at radius 3 is 2.68 bits per heavy atom. The van der Waals surface area contributed by atoms with Crippen molar-refractivity contribution < 1.29 is 4.74 Å². The molecule has 0 aromatic carbocycles. The lowest BCUT2D eigenvalue weighted by molar-refractivity contribution is 0.109. The highest BCUT2D eigenvalue weighted by Crippen LogP contribution is 2.17. The fourth-order valence-electron chi connectivity index (χ4n) is 2.25. The Morgan fingerprint density at radius 1 is 1.32 bits per heavy atom. The third-order valence-corrected chi connectivity index (χ3v) is 3.25. The number of nitrogens with zero attached hydrogens (tertiary/aromatic N) is 1. The van der Waals surface area contributed by atoms with E-state index in [-0.39, 0.29) is 0 Å². The standard InChI is InChI=1S/C14H30N4O/c1-12(2)11-19-10-6-9-16-14(18-15)17-13-7-4-3-5-8-13/h12-13H,3-11,15H2,1-2H3,(H2,16,17,18). The number of nitrogens with one attached hydrogen (secondary N) is 2. The van der Waals surface area contributed by atoms with Gasteiger partial charge in [0.2, 0.25) is 5.96 Å². The van der Waals surface area contributed by atoms with E-state index in [1.54, 1.807) is 0 Å². The first kappa shape index (κ1) is 16.2. The number of nitrogens with two attached hydrogens (primary N) is 1. The smallest absolute Gasteiger partial charge is 0.205 e. The molecular formula is C14H30N4O. The average molecular weight is 270 g/mol. The molecule has 0 aromatic heterocycles. The van der Waals surface area contributed by atoms with E-state index in [9.17, 15) is 0 Å². The molecule has 1 aliphatic carbocycles. The van der Waals surface area contributed by atoms with Gasteiger partial charge in [-0.15, -0.1) is 0 Å². The van der Waals surface area contributed by atoms with Gasteiger partial charge in [-0.25, -0.2) is 5.84 Å². The zero-order chi connectivity index (χ0) is 13.9. The van der Waals surface area contributed by atoms with Crippen molar-refractivity contribution in [2.24, 2.45) is 16.8 Å². The Hall–Kier alpha value is -0.810. The molecule has 0 spiro atoms. The molecule has 1 fully saturated rings. The van der Waals surface area contributed by atoms with Crippen LogP contribution in [0.4, 0.5) is 0 Å². The molecule has 0 saturated heterocycles. The summed E-state index contributed by atoms with van der Waals surface area (Å²) >= 11 is 0. The summed E-state index contributed by atoms with van der Waals surface area (Å²) in [6.07, 6.45) is 7.34. The first-order valence-electron chi connectivity index (χ1n) is 7.57. The first-order chi connectivity index (χ1) is 9.22. The predicted molar refractivity (Wildman–Crippen MR) is 79.9 cm³/mol. The van der Waals surface area contributed by atoms with Crippen LogP contribution in [0.5, 0.6) is 0 Å². The maximum absolute atomic E-state index is 5.52. The van der Waals surface area contributed by atoms with Crippen LogP contribution >= 0.6 is 0 Å². The van der Waals surface area contributed by atoms with Crippen molar-refractivity contribution in [3.05, 3.63) is 0 Å². The van der Waals surface area contributed by atoms with E-state index in [2.05, 4.69) is 29.6 Å². The summed E-state index contributed by atoms with van der Waals surface area (Å²) in [5.74, 6) is 6.81. The van der Waals surface area contributed by atoms with Crippen LogP contribution in [-0.4, -0.2) is 31.8 Å². The van der Waals surface area contributed by atoms with Crippen LogP contribution in [0.25, 0.3) is 0 Å². The molecule has 1 rings (SSSR count). The fourth-order valence-corrected chi connectivity index (χ4v) is 2.25. The molecule has 0 atom stereocenters. The largest absolute Gasteiger partial charge is 0.381 e. The van der Waals surface area contributed by atoms with Crippen LogP contribution < -0.4 is 16.6 Å². The number of hydrogen-bond acceptors (Lipinski definition) is 3. The monoisotopic (exact) mass is 270 g/mol. The molecular weight excluding hydrogens is 240 g/mol. The lowest BCUT2D eigenvalue weighted by Crippen LogP contribution is -2.47. The molecule has 0 bridgehead atoms. The molecule has 0 unspecified atom stereocenters. The number of hydrogen-bond donors (Lipinski definition) is 3. The Labute approximate surface area is 117 Å². The Bertz CT molecular complexity index is 250. The fraction of sp³-hybridized carbons (Fsp3) is 0.929. The summed E-state index contributed by atoms with van der Waals surface area (Å²) in [5.41, 5.74) is 2.66. The van der Waals surface area contributed by atoms with Crippen molar-refractivity contribution >= 4 is 5.96 Å². The highest BCUT2D eigenvalue weighted by atomic mass is 16.5. The minimum Gasteiger partial charge on any atom is -0.381 e. The molecule has 0 aromatic rings. The van der Waals surface area contributed by atoms with Crippen LogP contribution in [0.15, 0.2) is 4.99 Å². The lowest BCUT2D eigenvalue weighted by Gasteiger charge is -2.24. The zero-order valence-corrected chi connectivity index (χ0v) is 12.5. The van der Waals surface area contributed by atoms with E-state index >= 15 is 0 Å². The van der Waals surface area contributed by atoms with E-state index in [4.69, 9.17) is 10.6 Å². The van der Waals surface area contributed by atoms with Crippen molar-refractivity contribution in [3.63, 3.8) is 0 Å². The van der Waals surface area contributed by atoms with Gasteiger partial charge in [0, 0.05) is 25.8 Å². The summed E-state index contributed by atoms with van der Waals surface area (Å²) in [5, 5.41) is 3.39. The molecule has 4 N–H and O–H groups in total. The third-order valence-electron chi connectivity index (χ3n) is 3.25. The molecule has 0 radical (unpaired) electrons. The Balaban J connectivity index is 2.12. The number of rotatable bonds is 7. The number of hydrazine groups is 1. The molecule has 1 saturated carbocycles. The molecule has 112 valence electrons. The average Bonchev–Trinajstić information content (AvgIpc) is 2.42. The lowest BCUT2D eigenvalue weighted by atomic mass is 9.96. The Kier molecular flexibility index (Phi) is 8.58. The topological polar surface area (TPSA) is 71.7 Å². The number of aliphatic imine (C=N–C) groups is 1. The van der Waals surface area contributed by atoms with E-state index in [1.807, 2.05) is 0 Å². The second-order valence-corrected chi connectivity index (χ2v) is 5.68. The molecule has 0 amide bonds. The van der Waals surface area contributed by atoms with E-state index in [0.29, 0.717) is 12.0 Å². The second-order valence-electron chi connectivity index (χ2n) is 5.68. The van der Waals surface area contributed by atoms with Gasteiger partial charge in [0.25, 0.3) is 0 Å². The molecule has 5 nitrogen and oxygen atoms in total. The number of ether oxygens (including phenoxy) is 1. The van der Waals surface area contributed by atoms with Crippen molar-refractivity contribution in [2.75, 3.05) is 19.8 Å². The maximum atomic E-state index is 5.52. The summed E-state index contributed by atoms with van der Waals surface area (Å²) in [4.78, 5) is 4.44. The van der Waals surface area contributed by atoms with E-state index in [0.717, 1.165) is 32.1 Å². The van der Waals surface area contributed by atoms with Crippen molar-refractivity contribution in [2.45, 2.75) is 58.4 Å². The van der Waals surface area contributed by atoms with Crippen LogP contribution in [0.1, 0.15) is 52.4 Å². The van der Waals surface area contributed by atoms with Gasteiger partial charge in [-0.05, 0) is 25.2 Å². The molecule has 1 aliphatic rings. The minimum atomic E-state index is 0.528. The third kappa shape index (κ3) is 8.06. The number of guanidine groups is 1. The van der Waals surface area contributed by atoms with E-state index in [1.165, 1.54) is 32.1 Å². The van der Waals surface area contributed by atoms with E-state index < -0.39 is 0 Å². The van der Waals surface area contributed by atoms with Crippen LogP contribution in [0, 0.1) is 5.92 Å². The van der Waals surface area contributed by atoms with Gasteiger partial charge in [-0.2, -0.15) is 0 Å². The Morgan fingerprint density at radius 2 is 2.05 bits per heavy atom. The van der Waals surface area contributed by atoms with Gasteiger partial charge in [-0.1, -0.05) is 33.1 Å². The molecule has 0 heterocycles. The summed E-state index contributed by atoms with van der Waals surface area (Å²) in [7, 11) is 0. The van der Waals surface area contributed by atoms with Gasteiger partial charge in [0.1, 0.15) is 0 Å². The summed E-state index contributed by atoms with van der Waals surface area (Å²) in [6.45, 7) is 6.65. The van der Waals surface area contributed by atoms with Gasteiger partial charge >= 0.3 is 0 Å². The predicted octanol–water partition coefficient (Wildman–Crippen LogP) is 1.79. The van der Waals surface area contributed by atoms with Gasteiger partial charge in [0.15, 0.2) is 0 Å². The van der Waals surface area contributed by atoms with Crippen molar-refractivity contribution in [3.8, 4) is 0 Å². The highest BCUT2D eigenvalue weighted by Gasteiger charge is 2.13. The maximum Gasteiger partial charge on any atom is 0.205 e. The normalized spacial score (nSPS) is 17.8. The SMILES string of the molecule is CC(C)COCCCN=C(NN)NC1CCCCC1. The second kappa shape index (κ2) is 10.0.